The van der Waals surface area contributed by atoms with Gasteiger partial charge in [0.1, 0.15) is 0 Å². The molecule has 0 spiro atoms. The Morgan fingerprint density at radius 2 is 1.81 bits per heavy atom. The van der Waals surface area contributed by atoms with E-state index in [1.54, 1.807) is 24.3 Å². The molecule has 0 aliphatic carbocycles. The second kappa shape index (κ2) is 8.57. The highest BCUT2D eigenvalue weighted by Crippen LogP contribution is 2.14. The summed E-state index contributed by atoms with van der Waals surface area (Å²) in [4.78, 5) is 19.3. The van der Waals surface area contributed by atoms with Gasteiger partial charge in [-0.1, -0.05) is 19.8 Å². The highest BCUT2D eigenvalue weighted by Gasteiger charge is 2.06. The van der Waals surface area contributed by atoms with E-state index >= 15 is 0 Å². The standard InChI is InChI=1S/C14H21N5O2/c1-2-3-4-9-21-12(20)10-5-7-11(8-6-10)18-14(17)19-13(15)16/h5-8H,2-4,9H2,1H3,(H6,15,16,17,18,19). The minimum absolute atomic E-state index is 0.0510. The summed E-state index contributed by atoms with van der Waals surface area (Å²) in [5, 5.41) is 0. The monoisotopic (exact) mass is 291 g/mol. The fourth-order valence-corrected chi connectivity index (χ4v) is 1.56. The van der Waals surface area contributed by atoms with E-state index in [0.29, 0.717) is 17.9 Å². The van der Waals surface area contributed by atoms with E-state index in [1.807, 2.05) is 0 Å². The molecule has 0 aromatic heterocycles. The average Bonchev–Trinajstić information content (AvgIpc) is 2.43. The number of nitrogens with zero attached hydrogens (tertiary/aromatic N) is 2. The Kier molecular flexibility index (Phi) is 6.73. The number of benzene rings is 1. The van der Waals surface area contributed by atoms with Crippen molar-refractivity contribution in [3.05, 3.63) is 29.8 Å². The Balaban J connectivity index is 2.61. The van der Waals surface area contributed by atoms with Gasteiger partial charge in [0, 0.05) is 0 Å². The number of ether oxygens (including phenoxy) is 1. The summed E-state index contributed by atoms with van der Waals surface area (Å²) < 4.78 is 5.15. The molecule has 0 unspecified atom stereocenters. The zero-order valence-electron chi connectivity index (χ0n) is 12.1. The molecular weight excluding hydrogens is 270 g/mol. The SMILES string of the molecule is CCCCCOC(=O)c1ccc(N=C(N)N=C(N)N)cc1. The third kappa shape index (κ3) is 6.42. The third-order valence-corrected chi connectivity index (χ3v) is 2.57. The number of aliphatic imine (C=N–C) groups is 2. The van der Waals surface area contributed by atoms with Gasteiger partial charge in [0.2, 0.25) is 5.96 Å². The van der Waals surface area contributed by atoms with E-state index in [9.17, 15) is 4.79 Å². The first-order chi connectivity index (χ1) is 10.0. The van der Waals surface area contributed by atoms with Crippen LogP contribution in [-0.4, -0.2) is 24.5 Å². The number of carbonyl (C=O) groups excluding carboxylic acids is 1. The number of nitrogens with two attached hydrogens (primary N) is 3. The molecule has 0 radical (unpaired) electrons. The van der Waals surface area contributed by atoms with Crippen LogP contribution in [0, 0.1) is 0 Å². The fourth-order valence-electron chi connectivity index (χ4n) is 1.56. The van der Waals surface area contributed by atoms with E-state index in [0.717, 1.165) is 19.3 Å². The molecule has 0 fully saturated rings. The third-order valence-electron chi connectivity index (χ3n) is 2.57. The first kappa shape index (κ1) is 16.5. The van der Waals surface area contributed by atoms with Crippen molar-refractivity contribution in [1.82, 2.24) is 0 Å². The molecule has 1 aromatic carbocycles. The fraction of sp³-hybridized carbons (Fsp3) is 0.357. The van der Waals surface area contributed by atoms with E-state index in [-0.39, 0.29) is 17.9 Å². The molecule has 6 N–H and O–H groups in total. The van der Waals surface area contributed by atoms with E-state index in [1.165, 1.54) is 0 Å². The Morgan fingerprint density at radius 1 is 1.14 bits per heavy atom. The second-order valence-corrected chi connectivity index (χ2v) is 4.40. The van der Waals surface area contributed by atoms with E-state index in [4.69, 9.17) is 21.9 Å². The zero-order chi connectivity index (χ0) is 15.7. The van der Waals surface area contributed by atoms with E-state index < -0.39 is 0 Å². The first-order valence-electron chi connectivity index (χ1n) is 6.74. The lowest BCUT2D eigenvalue weighted by atomic mass is 10.2. The Labute approximate surface area is 123 Å². The highest BCUT2D eigenvalue weighted by molar-refractivity contribution is 5.94. The van der Waals surface area contributed by atoms with Gasteiger partial charge in [-0.3, -0.25) is 0 Å². The maximum atomic E-state index is 11.7. The molecule has 7 nitrogen and oxygen atoms in total. The maximum Gasteiger partial charge on any atom is 0.338 e. The molecule has 1 rings (SSSR count). The molecule has 0 aliphatic heterocycles. The molecule has 0 saturated carbocycles. The van der Waals surface area contributed by atoms with Crippen LogP contribution in [0.2, 0.25) is 0 Å². The minimum atomic E-state index is -0.348. The molecular formula is C14H21N5O2. The van der Waals surface area contributed by atoms with Crippen molar-refractivity contribution >= 4 is 23.6 Å². The van der Waals surface area contributed by atoms with Crippen molar-refractivity contribution in [1.29, 1.82) is 0 Å². The summed E-state index contributed by atoms with van der Waals surface area (Å²) in [7, 11) is 0. The molecule has 0 aliphatic rings. The lowest BCUT2D eigenvalue weighted by molar-refractivity contribution is 0.0498. The molecule has 0 saturated heterocycles. The van der Waals surface area contributed by atoms with Crippen LogP contribution in [0.15, 0.2) is 34.3 Å². The van der Waals surface area contributed by atoms with Gasteiger partial charge in [-0.2, -0.15) is 4.99 Å². The molecule has 114 valence electrons. The Morgan fingerprint density at radius 3 is 2.38 bits per heavy atom. The summed E-state index contributed by atoms with van der Waals surface area (Å²) in [5.74, 6) is -0.563. The van der Waals surface area contributed by atoms with Crippen LogP contribution in [0.1, 0.15) is 36.5 Å². The lowest BCUT2D eigenvalue weighted by Crippen LogP contribution is -2.26. The molecule has 1 aromatic rings. The van der Waals surface area contributed by atoms with Crippen molar-refractivity contribution in [2.75, 3.05) is 6.61 Å². The predicted molar refractivity (Wildman–Crippen MR) is 83.3 cm³/mol. The van der Waals surface area contributed by atoms with Crippen LogP contribution >= 0.6 is 0 Å². The van der Waals surface area contributed by atoms with Crippen molar-refractivity contribution in [3.8, 4) is 0 Å². The largest absolute Gasteiger partial charge is 0.462 e. The van der Waals surface area contributed by atoms with Crippen LogP contribution in [0.5, 0.6) is 0 Å². The molecule has 0 atom stereocenters. The van der Waals surface area contributed by atoms with Gasteiger partial charge in [0.15, 0.2) is 5.96 Å². The summed E-state index contributed by atoms with van der Waals surface area (Å²) in [5.41, 5.74) is 16.9. The normalized spacial score (nSPS) is 11.0. The average molecular weight is 291 g/mol. The highest BCUT2D eigenvalue weighted by atomic mass is 16.5. The number of hydrogen-bond donors (Lipinski definition) is 3. The van der Waals surface area contributed by atoms with Crippen molar-refractivity contribution in [2.24, 2.45) is 27.2 Å². The summed E-state index contributed by atoms with van der Waals surface area (Å²) in [6, 6.07) is 6.50. The molecule has 0 amide bonds. The molecule has 0 bridgehead atoms. The smallest absolute Gasteiger partial charge is 0.338 e. The summed E-state index contributed by atoms with van der Waals surface area (Å²) >= 11 is 0. The van der Waals surface area contributed by atoms with Crippen LogP contribution in [0.4, 0.5) is 5.69 Å². The van der Waals surface area contributed by atoms with Crippen LogP contribution in [0.25, 0.3) is 0 Å². The van der Waals surface area contributed by atoms with Crippen molar-refractivity contribution < 1.29 is 9.53 Å². The van der Waals surface area contributed by atoms with Crippen LogP contribution in [-0.2, 0) is 4.74 Å². The van der Waals surface area contributed by atoms with Gasteiger partial charge in [-0.05, 0) is 30.7 Å². The van der Waals surface area contributed by atoms with Crippen LogP contribution in [0.3, 0.4) is 0 Å². The topological polar surface area (TPSA) is 129 Å². The van der Waals surface area contributed by atoms with E-state index in [2.05, 4.69) is 16.9 Å². The first-order valence-corrected chi connectivity index (χ1v) is 6.74. The number of esters is 1. The van der Waals surface area contributed by atoms with Crippen LogP contribution < -0.4 is 17.2 Å². The van der Waals surface area contributed by atoms with Gasteiger partial charge in [0.25, 0.3) is 0 Å². The summed E-state index contributed by atoms with van der Waals surface area (Å²) in [6.07, 6.45) is 3.01. The quantitative estimate of drug-likeness (QED) is 0.314. The van der Waals surface area contributed by atoms with Gasteiger partial charge in [-0.25, -0.2) is 9.79 Å². The van der Waals surface area contributed by atoms with Gasteiger partial charge < -0.3 is 21.9 Å². The maximum absolute atomic E-state index is 11.7. The van der Waals surface area contributed by atoms with Gasteiger partial charge in [0.05, 0.1) is 17.9 Å². The second-order valence-electron chi connectivity index (χ2n) is 4.40. The number of carbonyl (C=O) groups is 1. The predicted octanol–water partition coefficient (Wildman–Crippen LogP) is 1.25. The number of hydrogen-bond acceptors (Lipinski definition) is 3. The number of rotatable bonds is 6. The van der Waals surface area contributed by atoms with Crippen molar-refractivity contribution in [3.63, 3.8) is 0 Å². The summed E-state index contributed by atoms with van der Waals surface area (Å²) in [6.45, 7) is 2.53. The molecule has 21 heavy (non-hydrogen) atoms. The molecule has 7 heteroatoms. The zero-order valence-corrected chi connectivity index (χ0v) is 12.1. The van der Waals surface area contributed by atoms with Gasteiger partial charge in [-0.15, -0.1) is 0 Å². The lowest BCUT2D eigenvalue weighted by Gasteiger charge is -2.04. The van der Waals surface area contributed by atoms with Crippen molar-refractivity contribution in [2.45, 2.75) is 26.2 Å². The Hall–Kier alpha value is -2.57. The molecule has 0 heterocycles. The Bertz CT molecular complexity index is 519. The van der Waals surface area contributed by atoms with Gasteiger partial charge >= 0.3 is 5.97 Å². The number of guanidine groups is 2. The number of unbranched alkanes of at least 4 members (excludes halogenated alkanes) is 2. The minimum Gasteiger partial charge on any atom is -0.462 e.